The van der Waals surface area contributed by atoms with Gasteiger partial charge in [-0.3, -0.25) is 0 Å². The van der Waals surface area contributed by atoms with E-state index in [0.717, 1.165) is 27.1 Å². The minimum absolute atomic E-state index is 0.117. The van der Waals surface area contributed by atoms with Gasteiger partial charge in [-0.2, -0.15) is 0 Å². The summed E-state index contributed by atoms with van der Waals surface area (Å²) in [6.45, 7) is 9.07. The summed E-state index contributed by atoms with van der Waals surface area (Å²) in [7, 11) is 0. The molecule has 1 aromatic heterocycles. The number of benzene rings is 2. The Kier molecular flexibility index (Phi) is 5.49. The maximum atomic E-state index is 12.0. The second kappa shape index (κ2) is 7.65. The third-order valence-electron chi connectivity index (χ3n) is 4.79. The largest absolute Gasteiger partial charge is 0.423 e. The fraction of sp³-hybridized carbons (Fsp3) is 0.318. The Labute approximate surface area is 159 Å². The Balaban J connectivity index is 1.94. The van der Waals surface area contributed by atoms with Crippen LogP contribution in [0.25, 0.3) is 11.0 Å². The van der Waals surface area contributed by atoms with Crippen LogP contribution in [0.5, 0.6) is 0 Å². The summed E-state index contributed by atoms with van der Waals surface area (Å²) in [4.78, 5) is 12.0. The fourth-order valence-corrected chi connectivity index (χ4v) is 3.52. The first-order chi connectivity index (χ1) is 12.3. The van der Waals surface area contributed by atoms with Crippen LogP contribution in [-0.4, -0.2) is 0 Å². The van der Waals surface area contributed by atoms with E-state index in [-0.39, 0.29) is 11.7 Å². The zero-order valence-corrected chi connectivity index (χ0v) is 16.4. The van der Waals surface area contributed by atoms with Crippen molar-refractivity contribution in [3.05, 3.63) is 80.2 Å². The minimum Gasteiger partial charge on any atom is -0.423 e. The molecule has 0 radical (unpaired) electrons. The second-order valence-electron chi connectivity index (χ2n) is 7.11. The van der Waals surface area contributed by atoms with Crippen LogP contribution in [0.1, 0.15) is 55.0 Å². The van der Waals surface area contributed by atoms with Crippen molar-refractivity contribution in [2.24, 2.45) is 0 Å². The molecule has 1 N–H and O–H groups in total. The van der Waals surface area contributed by atoms with Gasteiger partial charge in [0, 0.05) is 29.1 Å². The molecule has 26 heavy (non-hydrogen) atoms. The van der Waals surface area contributed by atoms with Gasteiger partial charge in [0.2, 0.25) is 0 Å². The molecule has 0 unspecified atom stereocenters. The number of hydrogen-bond donors (Lipinski definition) is 1. The number of rotatable bonds is 5. The van der Waals surface area contributed by atoms with Crippen LogP contribution in [0, 0.1) is 6.92 Å². The standard InChI is InChI=1S/C22H24ClNO2/c1-13(2)19-11-20-17(10-22(25)26-21(20)8-14(19)3)12-24-15(4)16-6-5-7-18(23)9-16/h5-11,13,15,24H,12H2,1-4H3/t15-/m1/s1. The lowest BCUT2D eigenvalue weighted by atomic mass is 9.95. The molecule has 0 aliphatic carbocycles. The molecule has 136 valence electrons. The average molecular weight is 370 g/mol. The molecule has 0 aliphatic heterocycles. The molecule has 2 aromatic carbocycles. The molecule has 1 heterocycles. The van der Waals surface area contributed by atoms with Gasteiger partial charge < -0.3 is 9.73 Å². The van der Waals surface area contributed by atoms with Gasteiger partial charge >= 0.3 is 5.63 Å². The van der Waals surface area contributed by atoms with Crippen LogP contribution in [-0.2, 0) is 6.54 Å². The van der Waals surface area contributed by atoms with E-state index in [0.29, 0.717) is 18.0 Å². The van der Waals surface area contributed by atoms with Crippen molar-refractivity contribution in [2.45, 2.75) is 46.2 Å². The van der Waals surface area contributed by atoms with Gasteiger partial charge in [-0.1, -0.05) is 37.6 Å². The van der Waals surface area contributed by atoms with Gasteiger partial charge in [0.05, 0.1) is 0 Å². The molecule has 0 aliphatic rings. The topological polar surface area (TPSA) is 42.2 Å². The lowest BCUT2D eigenvalue weighted by molar-refractivity contribution is 0.547. The fourth-order valence-electron chi connectivity index (χ4n) is 3.32. The van der Waals surface area contributed by atoms with E-state index in [4.69, 9.17) is 16.0 Å². The Hall–Kier alpha value is -2.10. The molecule has 0 saturated heterocycles. The van der Waals surface area contributed by atoms with Crippen molar-refractivity contribution in [3.63, 3.8) is 0 Å². The summed E-state index contributed by atoms with van der Waals surface area (Å²) in [6, 6.07) is 13.6. The van der Waals surface area contributed by atoms with Crippen molar-refractivity contribution in [3.8, 4) is 0 Å². The van der Waals surface area contributed by atoms with Gasteiger partial charge in [0.15, 0.2) is 0 Å². The summed E-state index contributed by atoms with van der Waals surface area (Å²) in [5, 5.41) is 5.20. The van der Waals surface area contributed by atoms with Gasteiger partial charge in [0.1, 0.15) is 5.58 Å². The monoisotopic (exact) mass is 369 g/mol. The lowest BCUT2D eigenvalue weighted by Crippen LogP contribution is -2.19. The van der Waals surface area contributed by atoms with Crippen molar-refractivity contribution in [1.29, 1.82) is 0 Å². The highest BCUT2D eigenvalue weighted by atomic mass is 35.5. The third kappa shape index (κ3) is 4.00. The highest BCUT2D eigenvalue weighted by Gasteiger charge is 2.12. The smallest absolute Gasteiger partial charge is 0.336 e. The molecule has 0 fully saturated rings. The van der Waals surface area contributed by atoms with Gasteiger partial charge in [-0.05, 0) is 66.3 Å². The number of fused-ring (bicyclic) bond motifs is 1. The molecule has 1 atom stereocenters. The van der Waals surface area contributed by atoms with Crippen LogP contribution in [0.4, 0.5) is 0 Å². The van der Waals surface area contributed by atoms with Crippen LogP contribution >= 0.6 is 11.6 Å². The SMILES string of the molecule is Cc1cc2oc(=O)cc(CN[C@H](C)c3cccc(Cl)c3)c2cc1C(C)C. The number of aryl methyl sites for hydroxylation is 1. The van der Waals surface area contributed by atoms with E-state index in [1.54, 1.807) is 6.07 Å². The Morgan fingerprint density at radius 2 is 1.88 bits per heavy atom. The summed E-state index contributed by atoms with van der Waals surface area (Å²) >= 11 is 6.09. The van der Waals surface area contributed by atoms with Crippen molar-refractivity contribution < 1.29 is 4.42 Å². The summed E-state index contributed by atoms with van der Waals surface area (Å²) < 4.78 is 5.42. The Morgan fingerprint density at radius 3 is 2.58 bits per heavy atom. The van der Waals surface area contributed by atoms with E-state index < -0.39 is 0 Å². The summed E-state index contributed by atoms with van der Waals surface area (Å²) in [5.41, 5.74) is 4.81. The van der Waals surface area contributed by atoms with Crippen LogP contribution in [0.3, 0.4) is 0 Å². The van der Waals surface area contributed by atoms with Crippen LogP contribution in [0.15, 0.2) is 51.7 Å². The third-order valence-corrected chi connectivity index (χ3v) is 5.02. The predicted molar refractivity (Wildman–Crippen MR) is 108 cm³/mol. The van der Waals surface area contributed by atoms with Crippen LogP contribution < -0.4 is 10.9 Å². The van der Waals surface area contributed by atoms with E-state index in [1.165, 1.54) is 5.56 Å². The van der Waals surface area contributed by atoms with E-state index >= 15 is 0 Å². The highest BCUT2D eigenvalue weighted by molar-refractivity contribution is 6.30. The molecule has 0 spiro atoms. The normalized spacial score (nSPS) is 12.7. The molecule has 3 aromatic rings. The van der Waals surface area contributed by atoms with Gasteiger partial charge in [0.25, 0.3) is 0 Å². The van der Waals surface area contributed by atoms with Crippen molar-refractivity contribution in [1.82, 2.24) is 5.32 Å². The maximum Gasteiger partial charge on any atom is 0.336 e. The first kappa shape index (κ1) is 18.7. The maximum absolute atomic E-state index is 12.0. The van der Waals surface area contributed by atoms with E-state index in [1.807, 2.05) is 30.3 Å². The first-order valence-electron chi connectivity index (χ1n) is 8.91. The molecule has 0 bridgehead atoms. The average Bonchev–Trinajstić information content (AvgIpc) is 2.58. The Bertz CT molecular complexity index is 991. The minimum atomic E-state index is -0.318. The number of nitrogens with one attached hydrogen (secondary N) is 1. The molecule has 4 heteroatoms. The van der Waals surface area contributed by atoms with Gasteiger partial charge in [-0.15, -0.1) is 0 Å². The second-order valence-corrected chi connectivity index (χ2v) is 7.54. The zero-order valence-electron chi connectivity index (χ0n) is 15.6. The van der Waals surface area contributed by atoms with Crippen molar-refractivity contribution >= 4 is 22.6 Å². The number of halogens is 1. The summed E-state index contributed by atoms with van der Waals surface area (Å²) in [5.74, 6) is 0.414. The molecule has 3 nitrogen and oxygen atoms in total. The quantitative estimate of drug-likeness (QED) is 0.584. The number of hydrogen-bond acceptors (Lipinski definition) is 3. The first-order valence-corrected chi connectivity index (χ1v) is 9.29. The molecular weight excluding hydrogens is 346 g/mol. The molecule has 3 rings (SSSR count). The van der Waals surface area contributed by atoms with E-state index in [9.17, 15) is 4.79 Å². The zero-order chi connectivity index (χ0) is 18.8. The highest BCUT2D eigenvalue weighted by Crippen LogP contribution is 2.27. The lowest BCUT2D eigenvalue weighted by Gasteiger charge is -2.16. The summed E-state index contributed by atoms with van der Waals surface area (Å²) in [6.07, 6.45) is 0. The molecular formula is C22H24ClNO2. The van der Waals surface area contributed by atoms with Crippen molar-refractivity contribution in [2.75, 3.05) is 0 Å². The van der Waals surface area contributed by atoms with Crippen LogP contribution in [0.2, 0.25) is 5.02 Å². The van der Waals surface area contributed by atoms with Gasteiger partial charge in [-0.25, -0.2) is 4.79 Å². The Morgan fingerprint density at radius 1 is 1.12 bits per heavy atom. The predicted octanol–water partition coefficient (Wildman–Crippen LogP) is 5.73. The molecule has 0 amide bonds. The molecule has 0 saturated carbocycles. The van der Waals surface area contributed by atoms with E-state index in [2.05, 4.69) is 39.1 Å².